The second-order valence-electron chi connectivity index (χ2n) is 7.39. The lowest BCUT2D eigenvalue weighted by Gasteiger charge is -2.19. The van der Waals surface area contributed by atoms with Crippen molar-refractivity contribution < 1.29 is 0 Å². The van der Waals surface area contributed by atoms with E-state index in [1.165, 1.54) is 0 Å². The van der Waals surface area contributed by atoms with E-state index in [1.54, 1.807) is 12.4 Å². The number of rotatable bonds is 6. The molecule has 2 aromatic carbocycles. The molecule has 11 heteroatoms. The molecule has 0 aliphatic rings. The summed E-state index contributed by atoms with van der Waals surface area (Å²) in [5.41, 5.74) is 21.4. The van der Waals surface area contributed by atoms with E-state index < -0.39 is 0 Å². The minimum absolute atomic E-state index is 0.0886. The van der Waals surface area contributed by atoms with Crippen molar-refractivity contribution in [2.24, 2.45) is 21.7 Å². The van der Waals surface area contributed by atoms with E-state index in [2.05, 4.69) is 27.1 Å². The standard InChI is InChI=1S/C21H25N9S2/c1-29(2)16-7-5-12-9-13-6-8-17(30(3)4)15(11-25-28-21(23)32)19(13)26-18(12)14(16)10-24-27-20(22)31/h5-11H,1-4H3,(H3,22,27,31)(H3,23,28,32). The maximum atomic E-state index is 5.51. The molecule has 6 N–H and O–H groups in total. The number of hydrazone groups is 2. The normalized spacial score (nSPS) is 11.4. The third kappa shape index (κ3) is 5.01. The molecule has 0 saturated carbocycles. The fraction of sp³-hybridized carbons (Fsp3) is 0.190. The quantitative estimate of drug-likeness (QED) is 0.186. The summed E-state index contributed by atoms with van der Waals surface area (Å²) >= 11 is 9.71. The molecule has 0 unspecified atom stereocenters. The van der Waals surface area contributed by atoms with Crippen LogP contribution in [0.4, 0.5) is 11.4 Å². The molecule has 9 nitrogen and oxygen atoms in total. The van der Waals surface area contributed by atoms with E-state index in [0.717, 1.165) is 44.3 Å². The van der Waals surface area contributed by atoms with Crippen LogP contribution in [0.3, 0.4) is 0 Å². The molecule has 0 spiro atoms. The van der Waals surface area contributed by atoms with Gasteiger partial charge in [-0.05, 0) is 42.6 Å². The highest BCUT2D eigenvalue weighted by molar-refractivity contribution is 7.80. The number of nitrogens with two attached hydrogens (primary N) is 2. The van der Waals surface area contributed by atoms with Gasteiger partial charge in [0.25, 0.3) is 0 Å². The number of benzene rings is 2. The van der Waals surface area contributed by atoms with Crippen LogP contribution in [0, 0.1) is 0 Å². The Morgan fingerprint density at radius 1 is 0.812 bits per heavy atom. The summed E-state index contributed by atoms with van der Waals surface area (Å²) in [6.45, 7) is 0. The number of thiocarbonyl (C=S) groups is 2. The lowest BCUT2D eigenvalue weighted by molar-refractivity contribution is 1.04. The molecular weight excluding hydrogens is 442 g/mol. The fourth-order valence-electron chi connectivity index (χ4n) is 3.35. The van der Waals surface area contributed by atoms with Crippen LogP contribution < -0.4 is 32.1 Å². The second kappa shape index (κ2) is 9.71. The van der Waals surface area contributed by atoms with Gasteiger partial charge in [0.2, 0.25) is 0 Å². The van der Waals surface area contributed by atoms with Gasteiger partial charge >= 0.3 is 0 Å². The Bertz CT molecular complexity index is 1160. The van der Waals surface area contributed by atoms with Crippen molar-refractivity contribution >= 4 is 80.3 Å². The first-order valence-electron chi connectivity index (χ1n) is 9.61. The second-order valence-corrected chi connectivity index (χ2v) is 8.27. The summed E-state index contributed by atoms with van der Waals surface area (Å²) in [6.07, 6.45) is 3.35. The first-order valence-corrected chi connectivity index (χ1v) is 10.4. The Hall–Kier alpha value is -3.57. The predicted molar refractivity (Wildman–Crippen MR) is 143 cm³/mol. The summed E-state index contributed by atoms with van der Waals surface area (Å²) in [5.74, 6) is 0. The van der Waals surface area contributed by atoms with Gasteiger partial charge in [-0.15, -0.1) is 0 Å². The van der Waals surface area contributed by atoms with Crippen LogP contribution in [0.15, 0.2) is 40.5 Å². The largest absolute Gasteiger partial charge is 0.377 e. The van der Waals surface area contributed by atoms with E-state index in [0.29, 0.717) is 0 Å². The zero-order chi connectivity index (χ0) is 23.4. The van der Waals surface area contributed by atoms with Crippen LogP contribution in [0.1, 0.15) is 11.1 Å². The molecule has 32 heavy (non-hydrogen) atoms. The van der Waals surface area contributed by atoms with Gasteiger partial charge in [0.15, 0.2) is 10.2 Å². The molecule has 3 aromatic rings. The third-order valence-electron chi connectivity index (χ3n) is 4.69. The number of fused-ring (bicyclic) bond motifs is 2. The molecule has 0 amide bonds. The number of hydrogen-bond donors (Lipinski definition) is 4. The van der Waals surface area contributed by atoms with Gasteiger partial charge in [0.05, 0.1) is 23.5 Å². The Kier molecular flexibility index (Phi) is 7.01. The first kappa shape index (κ1) is 23.1. The average Bonchev–Trinajstić information content (AvgIpc) is 2.71. The van der Waals surface area contributed by atoms with E-state index in [4.69, 9.17) is 40.9 Å². The highest BCUT2D eigenvalue weighted by Crippen LogP contribution is 2.31. The van der Waals surface area contributed by atoms with Gasteiger partial charge in [0, 0.05) is 61.5 Å². The van der Waals surface area contributed by atoms with Crippen LogP contribution in [0.2, 0.25) is 0 Å². The van der Waals surface area contributed by atoms with Crippen molar-refractivity contribution in [1.29, 1.82) is 0 Å². The average molecular weight is 468 g/mol. The fourth-order valence-corrected chi connectivity index (χ4v) is 3.45. The molecule has 0 radical (unpaired) electrons. The zero-order valence-corrected chi connectivity index (χ0v) is 19.9. The summed E-state index contributed by atoms with van der Waals surface area (Å²) in [7, 11) is 7.85. The summed E-state index contributed by atoms with van der Waals surface area (Å²) in [4.78, 5) is 9.04. The lowest BCUT2D eigenvalue weighted by atomic mass is 10.0. The monoisotopic (exact) mass is 467 g/mol. The van der Waals surface area contributed by atoms with Gasteiger partial charge < -0.3 is 21.3 Å². The topological polar surface area (TPSA) is 120 Å². The SMILES string of the molecule is CN(C)c1ccc2cc3ccc(N(C)C)c(C=NNC(N)=S)c3nc2c1C=NNC(N)=S. The number of nitrogens with one attached hydrogen (secondary N) is 2. The van der Waals surface area contributed by atoms with E-state index in [-0.39, 0.29) is 10.2 Å². The number of aromatic nitrogens is 1. The van der Waals surface area contributed by atoms with Crippen molar-refractivity contribution in [1.82, 2.24) is 15.8 Å². The van der Waals surface area contributed by atoms with Crippen molar-refractivity contribution in [2.45, 2.75) is 0 Å². The Morgan fingerprint density at radius 3 is 1.56 bits per heavy atom. The van der Waals surface area contributed by atoms with Crippen LogP contribution in [-0.2, 0) is 0 Å². The van der Waals surface area contributed by atoms with E-state index in [1.807, 2.05) is 62.3 Å². The van der Waals surface area contributed by atoms with Crippen LogP contribution >= 0.6 is 24.4 Å². The van der Waals surface area contributed by atoms with Gasteiger partial charge in [-0.3, -0.25) is 10.9 Å². The van der Waals surface area contributed by atoms with Crippen LogP contribution in [0.25, 0.3) is 21.8 Å². The van der Waals surface area contributed by atoms with Gasteiger partial charge in [-0.2, -0.15) is 10.2 Å². The zero-order valence-electron chi connectivity index (χ0n) is 18.2. The molecule has 0 saturated heterocycles. The molecule has 1 aromatic heterocycles. The van der Waals surface area contributed by atoms with Gasteiger partial charge in [-0.1, -0.05) is 12.1 Å². The number of hydrogen-bond acceptors (Lipinski definition) is 7. The van der Waals surface area contributed by atoms with E-state index >= 15 is 0 Å². The van der Waals surface area contributed by atoms with Crippen LogP contribution in [-0.4, -0.2) is 55.8 Å². The smallest absolute Gasteiger partial charge is 0.184 e. The summed E-state index contributed by atoms with van der Waals surface area (Å²) in [5, 5.41) is 10.5. The highest BCUT2D eigenvalue weighted by Gasteiger charge is 2.14. The molecule has 0 bridgehead atoms. The molecule has 0 aliphatic heterocycles. The molecule has 166 valence electrons. The number of pyridine rings is 1. The van der Waals surface area contributed by atoms with Gasteiger partial charge in [-0.25, -0.2) is 4.98 Å². The number of nitrogens with zero attached hydrogens (tertiary/aromatic N) is 5. The minimum atomic E-state index is 0.0886. The number of anilines is 2. The van der Waals surface area contributed by atoms with Crippen molar-refractivity contribution in [2.75, 3.05) is 38.0 Å². The molecule has 3 rings (SSSR count). The summed E-state index contributed by atoms with van der Waals surface area (Å²) in [6, 6.07) is 10.2. The maximum Gasteiger partial charge on any atom is 0.184 e. The first-order chi connectivity index (χ1) is 15.2. The third-order valence-corrected chi connectivity index (χ3v) is 4.87. The maximum absolute atomic E-state index is 5.51. The molecule has 0 atom stereocenters. The Balaban J connectivity index is 2.33. The molecular formula is C21H25N9S2. The molecule has 0 aliphatic carbocycles. The predicted octanol–water partition coefficient (Wildman–Crippen LogP) is 1.85. The van der Waals surface area contributed by atoms with Gasteiger partial charge in [0.1, 0.15) is 0 Å². The highest BCUT2D eigenvalue weighted by atomic mass is 32.1. The van der Waals surface area contributed by atoms with Crippen molar-refractivity contribution in [3.8, 4) is 0 Å². The summed E-state index contributed by atoms with van der Waals surface area (Å²) < 4.78 is 0. The van der Waals surface area contributed by atoms with Crippen LogP contribution in [0.5, 0.6) is 0 Å². The van der Waals surface area contributed by atoms with Crippen molar-refractivity contribution in [3.63, 3.8) is 0 Å². The van der Waals surface area contributed by atoms with E-state index in [9.17, 15) is 0 Å². The Morgan fingerprint density at radius 2 is 1.22 bits per heavy atom. The molecule has 1 heterocycles. The Labute approximate surface area is 197 Å². The minimum Gasteiger partial charge on any atom is -0.377 e. The lowest BCUT2D eigenvalue weighted by Crippen LogP contribution is -2.24. The van der Waals surface area contributed by atoms with Crippen molar-refractivity contribution in [3.05, 3.63) is 41.5 Å². The molecule has 0 fully saturated rings.